The van der Waals surface area contributed by atoms with Gasteiger partial charge in [-0.1, -0.05) is 47.5 Å². The highest BCUT2D eigenvalue weighted by Gasteiger charge is 2.46. The second kappa shape index (κ2) is 12.7. The Hall–Kier alpha value is -0.970. The molecule has 2 fully saturated rings. The summed E-state index contributed by atoms with van der Waals surface area (Å²) >= 11 is 0. The van der Waals surface area contributed by atoms with E-state index in [1.54, 1.807) is 0 Å². The van der Waals surface area contributed by atoms with Gasteiger partial charge in [0.25, 0.3) is 0 Å². The van der Waals surface area contributed by atoms with E-state index in [-0.39, 0.29) is 12.1 Å². The molecular weight excluding hydrogens is 260 g/mol. The molecule has 0 aromatic rings. The Bertz CT molecular complexity index is 283. The van der Waals surface area contributed by atoms with Crippen LogP contribution in [0.15, 0.2) is 0 Å². The van der Waals surface area contributed by atoms with E-state index < -0.39 is 0 Å². The first-order valence-corrected chi connectivity index (χ1v) is 8.54. The first-order chi connectivity index (χ1) is 10.0. The third-order valence-corrected chi connectivity index (χ3v) is 4.16. The van der Waals surface area contributed by atoms with Crippen molar-refractivity contribution < 1.29 is 9.53 Å². The van der Waals surface area contributed by atoms with Crippen molar-refractivity contribution in [3.05, 3.63) is 0 Å². The molecule has 0 N–H and O–H groups in total. The molecule has 0 aromatic heterocycles. The highest BCUT2D eigenvalue weighted by atomic mass is 16.5. The minimum absolute atomic E-state index is 0.105. The number of hydrogen-bond acceptors (Lipinski definition) is 2. The zero-order valence-electron chi connectivity index (χ0n) is 15.1. The molecule has 3 unspecified atom stereocenters. The Morgan fingerprint density at radius 1 is 1.14 bits per heavy atom. The highest BCUT2D eigenvalue weighted by molar-refractivity contribution is 5.66. The molecule has 2 rings (SSSR count). The topological polar surface area (TPSA) is 26.3 Å². The van der Waals surface area contributed by atoms with Gasteiger partial charge in [-0.15, -0.1) is 12.8 Å². The molecule has 0 amide bonds. The van der Waals surface area contributed by atoms with Crippen molar-refractivity contribution in [3.8, 4) is 12.8 Å². The summed E-state index contributed by atoms with van der Waals surface area (Å²) < 4.78 is 5.43. The molecule has 0 bridgehead atoms. The van der Waals surface area contributed by atoms with Crippen molar-refractivity contribution in [1.82, 2.24) is 0 Å². The summed E-state index contributed by atoms with van der Waals surface area (Å²) in [5.41, 5.74) is 0.471. The predicted molar refractivity (Wildman–Crippen MR) is 92.1 cm³/mol. The molecule has 0 heterocycles. The second-order valence-electron chi connectivity index (χ2n) is 5.90. The number of carbonyl (C=O) groups is 1. The van der Waals surface area contributed by atoms with E-state index in [4.69, 9.17) is 4.74 Å². The van der Waals surface area contributed by atoms with Crippen LogP contribution in [0.2, 0.25) is 0 Å². The van der Waals surface area contributed by atoms with Crippen LogP contribution in [0.4, 0.5) is 0 Å². The van der Waals surface area contributed by atoms with E-state index in [9.17, 15) is 4.79 Å². The van der Waals surface area contributed by atoms with Crippen molar-refractivity contribution in [3.63, 3.8) is 0 Å². The van der Waals surface area contributed by atoms with Gasteiger partial charge in [-0.25, -0.2) is 0 Å². The van der Waals surface area contributed by atoms with Gasteiger partial charge in [0, 0.05) is 12.8 Å². The Balaban J connectivity index is 0. The highest BCUT2D eigenvalue weighted by Crippen LogP contribution is 2.52. The number of ether oxygens (including phenoxy) is 1. The minimum Gasteiger partial charge on any atom is -0.462 e. The summed E-state index contributed by atoms with van der Waals surface area (Å²) in [7, 11) is 0. The number of rotatable bonds is 1. The number of terminal acetylenes is 1. The first kappa shape index (κ1) is 22.3. The Morgan fingerprint density at radius 3 is 2.00 bits per heavy atom. The maximum absolute atomic E-state index is 11.0. The van der Waals surface area contributed by atoms with E-state index in [1.807, 2.05) is 13.8 Å². The number of fused-ring (bicyclic) bond motifs is 1. The lowest BCUT2D eigenvalue weighted by Gasteiger charge is -2.41. The van der Waals surface area contributed by atoms with Gasteiger partial charge >= 0.3 is 5.97 Å². The van der Waals surface area contributed by atoms with Gasteiger partial charge in [-0.2, -0.15) is 0 Å². The van der Waals surface area contributed by atoms with Crippen LogP contribution in [0.3, 0.4) is 0 Å². The molecule has 0 aliphatic heterocycles. The zero-order chi connectivity index (χ0) is 16.9. The number of hydrogen-bond donors (Lipinski definition) is 0. The summed E-state index contributed by atoms with van der Waals surface area (Å²) in [5.74, 6) is 0.534. The normalized spacial score (nSPS) is 29.1. The summed E-state index contributed by atoms with van der Waals surface area (Å²) in [6.45, 7) is 12.2. The van der Waals surface area contributed by atoms with Crippen molar-refractivity contribution in [2.24, 2.45) is 11.3 Å². The first-order valence-electron chi connectivity index (χ1n) is 8.54. The minimum atomic E-state index is -0.105. The molecular formula is C19H36O2. The van der Waals surface area contributed by atoms with Gasteiger partial charge in [0.1, 0.15) is 6.10 Å². The fraction of sp³-hybridized carbons (Fsp3) is 0.842. The van der Waals surface area contributed by atoms with E-state index in [0.717, 1.165) is 6.42 Å². The molecule has 0 radical (unpaired) electrons. The molecule has 2 saturated carbocycles. The SMILES string of the molecule is C#C.CC.CC(=O)OC1CCCC2(C)CCCC12.CCC. The van der Waals surface area contributed by atoms with Crippen molar-refractivity contribution >= 4 is 5.97 Å². The summed E-state index contributed by atoms with van der Waals surface area (Å²) in [6.07, 6.45) is 17.0. The van der Waals surface area contributed by atoms with Crippen LogP contribution in [0, 0.1) is 24.2 Å². The smallest absolute Gasteiger partial charge is 0.302 e. The lowest BCUT2D eigenvalue weighted by molar-refractivity contribution is -0.154. The van der Waals surface area contributed by atoms with Gasteiger partial charge in [-0.3, -0.25) is 4.79 Å². The quantitative estimate of drug-likeness (QED) is 0.465. The van der Waals surface area contributed by atoms with Crippen LogP contribution in [-0.2, 0) is 9.53 Å². The standard InChI is InChI=1S/C12H20O2.C3H8.C2H6.C2H2/c1-9(13)14-11-6-4-8-12(2)7-3-5-10(11)12;1-3-2;2*1-2/h10-11H,3-8H2,1-2H3;3H2,1-2H3;1-2H3;1-2H. The van der Waals surface area contributed by atoms with Crippen LogP contribution >= 0.6 is 0 Å². The Kier molecular flexibility index (Phi) is 13.5. The van der Waals surface area contributed by atoms with Crippen molar-refractivity contribution in [1.29, 1.82) is 0 Å². The second-order valence-corrected chi connectivity index (χ2v) is 5.90. The van der Waals surface area contributed by atoms with Crippen molar-refractivity contribution in [2.75, 3.05) is 0 Å². The zero-order valence-corrected chi connectivity index (χ0v) is 15.1. The fourth-order valence-electron chi connectivity index (χ4n) is 3.47. The molecule has 2 aliphatic carbocycles. The lowest BCUT2D eigenvalue weighted by atomic mass is 9.68. The molecule has 124 valence electrons. The van der Waals surface area contributed by atoms with Crippen molar-refractivity contribution in [2.45, 2.75) is 92.6 Å². The maximum atomic E-state index is 11.0. The number of carbonyl (C=O) groups excluding carboxylic acids is 1. The van der Waals surface area contributed by atoms with Crippen LogP contribution < -0.4 is 0 Å². The van der Waals surface area contributed by atoms with E-state index in [0.29, 0.717) is 11.3 Å². The molecule has 2 heteroatoms. The third-order valence-electron chi connectivity index (χ3n) is 4.16. The molecule has 2 nitrogen and oxygen atoms in total. The van der Waals surface area contributed by atoms with Crippen LogP contribution in [0.5, 0.6) is 0 Å². The molecule has 21 heavy (non-hydrogen) atoms. The molecule has 0 spiro atoms. The van der Waals surface area contributed by atoms with Gasteiger partial charge in [0.15, 0.2) is 0 Å². The van der Waals surface area contributed by atoms with Crippen LogP contribution in [0.1, 0.15) is 86.5 Å². The van der Waals surface area contributed by atoms with Crippen LogP contribution in [-0.4, -0.2) is 12.1 Å². The number of esters is 1. The van der Waals surface area contributed by atoms with Gasteiger partial charge in [0.2, 0.25) is 0 Å². The molecule has 0 aromatic carbocycles. The van der Waals surface area contributed by atoms with E-state index in [1.165, 1.54) is 45.4 Å². The molecule has 0 saturated heterocycles. The molecule has 3 atom stereocenters. The van der Waals surface area contributed by atoms with Crippen LogP contribution in [0.25, 0.3) is 0 Å². The summed E-state index contributed by atoms with van der Waals surface area (Å²) in [4.78, 5) is 11.0. The Labute approximate surface area is 133 Å². The third kappa shape index (κ3) is 7.55. The predicted octanol–water partition coefficient (Wildman–Crippen LogP) is 5.60. The lowest BCUT2D eigenvalue weighted by Crippen LogP contribution is -2.38. The monoisotopic (exact) mass is 296 g/mol. The molecule has 2 aliphatic rings. The fourth-order valence-corrected chi connectivity index (χ4v) is 3.47. The van der Waals surface area contributed by atoms with Gasteiger partial charge < -0.3 is 4.74 Å². The Morgan fingerprint density at radius 2 is 1.57 bits per heavy atom. The average Bonchev–Trinajstić information content (AvgIpc) is 2.86. The summed E-state index contributed by atoms with van der Waals surface area (Å²) in [6, 6.07) is 0. The maximum Gasteiger partial charge on any atom is 0.302 e. The largest absolute Gasteiger partial charge is 0.462 e. The van der Waals surface area contributed by atoms with Gasteiger partial charge in [-0.05, 0) is 37.5 Å². The van der Waals surface area contributed by atoms with E-state index in [2.05, 4.69) is 33.6 Å². The van der Waals surface area contributed by atoms with E-state index >= 15 is 0 Å². The van der Waals surface area contributed by atoms with Gasteiger partial charge in [0.05, 0.1) is 0 Å². The average molecular weight is 296 g/mol. The summed E-state index contributed by atoms with van der Waals surface area (Å²) in [5, 5.41) is 0.